The highest BCUT2D eigenvalue weighted by atomic mass is 127. The number of amides is 2. The first-order valence-corrected chi connectivity index (χ1v) is 35.4. The number of carbonyl (C=O) groups excluding carboxylic acids is 2. The third kappa shape index (κ3) is 14.5. The molecule has 0 saturated carbocycles. The van der Waals surface area contributed by atoms with Gasteiger partial charge < -0.3 is 47.8 Å². The van der Waals surface area contributed by atoms with Crippen LogP contribution >= 0.6 is 22.6 Å². The monoisotopic (exact) mass is 1530 g/mol. The molecule has 0 bridgehead atoms. The third-order valence-electron chi connectivity index (χ3n) is 16.4. The molecule has 4 N–H and O–H groups in total. The van der Waals surface area contributed by atoms with Gasteiger partial charge in [0.1, 0.15) is 69.5 Å². The molecule has 0 aliphatic rings. The van der Waals surface area contributed by atoms with Crippen molar-refractivity contribution in [2.75, 3.05) is 63.5 Å². The normalized spacial score (nSPS) is 11.4. The Morgan fingerprint density at radius 3 is 1.29 bits per heavy atom. The van der Waals surface area contributed by atoms with Gasteiger partial charge in [-0.3, -0.25) is 18.2 Å². The molecule has 0 atom stereocenters. The average Bonchev–Trinajstić information content (AvgIpc) is 1.60. The first-order valence-electron chi connectivity index (χ1n) is 30.6. The van der Waals surface area contributed by atoms with E-state index in [-0.39, 0.29) is 39.7 Å². The highest BCUT2D eigenvalue weighted by Crippen LogP contribution is 2.46. The minimum absolute atomic E-state index is 0.211. The second-order valence-corrected chi connectivity index (χ2v) is 28.1. The van der Waals surface area contributed by atoms with Crippen LogP contribution in [0.1, 0.15) is 20.7 Å². The van der Waals surface area contributed by atoms with E-state index in [9.17, 15) is 35.2 Å². The van der Waals surface area contributed by atoms with Gasteiger partial charge in [0, 0.05) is 113 Å². The quantitative estimate of drug-likeness (QED) is 0.0516. The molecule has 0 aliphatic carbocycles. The van der Waals surface area contributed by atoms with Crippen molar-refractivity contribution in [2.24, 2.45) is 0 Å². The van der Waals surface area contributed by atoms with Crippen molar-refractivity contribution in [3.63, 3.8) is 0 Å². The predicted octanol–water partition coefficient (Wildman–Crippen LogP) is 12.2. The van der Waals surface area contributed by atoms with E-state index < -0.39 is 50.6 Å². The molecular formula is C72H58BF2IN10O14S2. The fraction of sp³-hybridized carbons (Fsp3) is 0.111. The minimum Gasteiger partial charge on any atom is -0.496 e. The summed E-state index contributed by atoms with van der Waals surface area (Å²) < 4.78 is 118. The fourth-order valence-electron chi connectivity index (χ4n) is 11.1. The summed E-state index contributed by atoms with van der Waals surface area (Å²) in [5, 5.41) is 23.2. The van der Waals surface area contributed by atoms with Crippen LogP contribution in [0.4, 0.5) is 20.2 Å². The van der Waals surface area contributed by atoms with Gasteiger partial charge in [-0.1, -0.05) is 18.2 Å². The van der Waals surface area contributed by atoms with Crippen LogP contribution in [0.25, 0.3) is 123 Å². The van der Waals surface area contributed by atoms with Crippen molar-refractivity contribution in [1.82, 2.24) is 40.5 Å². The summed E-state index contributed by atoms with van der Waals surface area (Å²) in [7, 11) is 0.00383. The van der Waals surface area contributed by atoms with Gasteiger partial charge in [-0.2, -0.15) is 0 Å². The molecule has 0 unspecified atom stereocenters. The number of hydrogen-bond donors (Lipinski definition) is 4. The van der Waals surface area contributed by atoms with Gasteiger partial charge in [0.2, 0.25) is 31.8 Å². The zero-order valence-corrected chi connectivity index (χ0v) is 59.0. The molecule has 14 aromatic rings. The summed E-state index contributed by atoms with van der Waals surface area (Å²) in [6.07, 6.45) is 11.1. The maximum absolute atomic E-state index is 13.8. The Kier molecular flexibility index (Phi) is 20.0. The zero-order valence-electron chi connectivity index (χ0n) is 55.2. The van der Waals surface area contributed by atoms with Gasteiger partial charge in [-0.05, 0) is 155 Å². The Balaban J connectivity index is 0.000000172. The predicted molar refractivity (Wildman–Crippen MR) is 392 cm³/mol. The lowest BCUT2D eigenvalue weighted by Crippen LogP contribution is -2.30. The first-order chi connectivity index (χ1) is 48.8. The van der Waals surface area contributed by atoms with E-state index in [2.05, 4.69) is 58.1 Å². The molecule has 0 aliphatic heterocycles. The largest absolute Gasteiger partial charge is 0.496 e. The van der Waals surface area contributed by atoms with Crippen molar-refractivity contribution in [1.29, 1.82) is 0 Å². The summed E-state index contributed by atoms with van der Waals surface area (Å²) in [4.78, 5) is 51.2. The van der Waals surface area contributed by atoms with Crippen molar-refractivity contribution in [3.05, 3.63) is 209 Å². The van der Waals surface area contributed by atoms with Crippen LogP contribution in [0.2, 0.25) is 0 Å². The summed E-state index contributed by atoms with van der Waals surface area (Å²) in [6.45, 7) is 0. The third-order valence-corrected chi connectivity index (χ3v) is 19.5. The molecule has 102 heavy (non-hydrogen) atoms. The smallest absolute Gasteiger partial charge is 0.491 e. The molecule has 6 aromatic heterocycles. The van der Waals surface area contributed by atoms with Crippen molar-refractivity contribution in [3.8, 4) is 90.4 Å². The van der Waals surface area contributed by atoms with Crippen LogP contribution < -0.4 is 34.2 Å². The number of nitrogens with zero attached hydrogens (tertiary/aromatic N) is 8. The summed E-state index contributed by atoms with van der Waals surface area (Å²) in [6, 6.07) is 39.6. The molecule has 0 spiro atoms. The van der Waals surface area contributed by atoms with Gasteiger partial charge in [0.05, 0.1) is 60.4 Å². The molecule has 516 valence electrons. The molecule has 8 aromatic carbocycles. The second kappa shape index (κ2) is 29.0. The number of benzene rings is 8. The Morgan fingerprint density at radius 2 is 0.892 bits per heavy atom. The highest BCUT2D eigenvalue weighted by Gasteiger charge is 2.30. The maximum Gasteiger partial charge on any atom is 0.491 e. The van der Waals surface area contributed by atoms with Crippen LogP contribution in [0.3, 0.4) is 0 Å². The number of fused-ring (bicyclic) bond motifs is 4. The number of furan rings is 2. The number of oxazole rings is 2. The number of nitrogens with one attached hydrogen (secondary N) is 2. The SMILES string of the molecule is CNC(=O)c1c(-c2ccc(F)cc2)oc2cc(N(C)S(C)(=O)=O)c(-c3ccc(OC)c(-c4nc5ccc(-c6cncnc6)cc5o4)c3)cc12.CNC(=O)c1c(-c2ccc(F)cc2)oc2cc(N(C)S(C)(=O)=O)c(-c3ccc(OC)c(-c4nc5ccc(I)cc5o4)c3)cc12.OB(O)c1cncnc1. The van der Waals surface area contributed by atoms with Crippen LogP contribution in [0.5, 0.6) is 11.5 Å². The Hall–Kier alpha value is -11.4. The minimum atomic E-state index is -3.75. The lowest BCUT2D eigenvalue weighted by Gasteiger charge is -2.21. The average molecular weight is 1530 g/mol. The molecule has 0 radical (unpaired) electrons. The van der Waals surface area contributed by atoms with Gasteiger partial charge in [-0.15, -0.1) is 0 Å². The molecule has 0 saturated heterocycles. The molecule has 30 heteroatoms. The van der Waals surface area contributed by atoms with Crippen molar-refractivity contribution >= 4 is 123 Å². The molecular weight excluding hydrogens is 1470 g/mol. The summed E-state index contributed by atoms with van der Waals surface area (Å²) in [5.41, 5.74) is 10.2. The number of hydrogen-bond acceptors (Lipinski definition) is 20. The van der Waals surface area contributed by atoms with Crippen LogP contribution in [0.15, 0.2) is 201 Å². The van der Waals surface area contributed by atoms with E-state index in [1.165, 1.54) is 116 Å². The van der Waals surface area contributed by atoms with Gasteiger partial charge in [-0.25, -0.2) is 55.5 Å². The molecule has 14 rings (SSSR count). The number of halogens is 3. The van der Waals surface area contributed by atoms with Crippen LogP contribution in [-0.4, -0.2) is 131 Å². The number of sulfonamides is 2. The first kappa shape index (κ1) is 70.4. The van der Waals surface area contributed by atoms with E-state index in [1.807, 2.05) is 36.4 Å². The molecule has 2 amide bonds. The number of rotatable bonds is 16. The number of methoxy groups -OCH3 is 2. The Labute approximate surface area is 595 Å². The zero-order chi connectivity index (χ0) is 72.5. The topological polar surface area (TPSA) is 322 Å². The highest BCUT2D eigenvalue weighted by molar-refractivity contribution is 14.1. The van der Waals surface area contributed by atoms with E-state index in [4.69, 9.17) is 42.2 Å². The number of anilines is 2. The number of carbonyl (C=O) groups is 2. The number of aromatic nitrogens is 6. The summed E-state index contributed by atoms with van der Waals surface area (Å²) >= 11 is 2.20. The van der Waals surface area contributed by atoms with E-state index in [0.717, 1.165) is 35.8 Å². The molecule has 24 nitrogen and oxygen atoms in total. The van der Waals surface area contributed by atoms with E-state index >= 15 is 0 Å². The number of ether oxygens (including phenoxy) is 2. The lowest BCUT2D eigenvalue weighted by atomic mass is 9.83. The van der Waals surface area contributed by atoms with Gasteiger partial charge >= 0.3 is 7.12 Å². The Morgan fingerprint density at radius 1 is 0.490 bits per heavy atom. The fourth-order valence-corrected chi connectivity index (χ4v) is 12.6. The standard InChI is InChI=1S/C36H28FN5O6S.C32H25FIN3O6S.C4H5BN2O2/c1-38-35(43)33-26-15-25(29(42(2)49(4,44)45)16-31(26)47-34(33)20-5-9-24(37)10-6-20)22-8-12-30(46-3)27(13-22)36-41-28-11-7-21(14-32(28)48-36)23-17-39-19-40-18-23;1-35-31(38)29-22-15-21(18-7-12-26(41-3)23(13-18)32-36-24-11-10-20(34)14-28(24)43-32)25(37(2)44(4,39)40)16-27(22)42-30(29)17-5-8-19(33)9-6-17;8-5(9)4-1-6-3-7-2-4/h5-19H,1-4H3,(H,38,43);5-16H,1-4H3,(H,35,38);1-3,8-9H. The van der Waals surface area contributed by atoms with Gasteiger partial charge in [0.25, 0.3) is 11.8 Å². The lowest BCUT2D eigenvalue weighted by molar-refractivity contribution is 0.0956. The van der Waals surface area contributed by atoms with Crippen molar-refractivity contribution in [2.45, 2.75) is 0 Å². The second-order valence-electron chi connectivity index (χ2n) is 22.8. The van der Waals surface area contributed by atoms with Gasteiger partial charge in [0.15, 0.2) is 11.2 Å². The van der Waals surface area contributed by atoms with Crippen LogP contribution in [-0.2, 0) is 20.0 Å². The summed E-state index contributed by atoms with van der Waals surface area (Å²) in [5.74, 6) is 0.280. The van der Waals surface area contributed by atoms with E-state index in [1.54, 1.807) is 73.1 Å². The van der Waals surface area contributed by atoms with Crippen LogP contribution in [0, 0.1) is 15.2 Å². The Bertz CT molecular complexity index is 5770. The molecule has 0 fully saturated rings. The van der Waals surface area contributed by atoms with Crippen molar-refractivity contribution < 1.29 is 72.4 Å². The molecule has 6 heterocycles. The van der Waals surface area contributed by atoms with E-state index in [0.29, 0.717) is 112 Å². The maximum atomic E-state index is 13.8.